The molecule has 1 aromatic rings. The van der Waals surface area contributed by atoms with E-state index < -0.39 is 0 Å². The van der Waals surface area contributed by atoms with E-state index in [2.05, 4.69) is 35.4 Å². The van der Waals surface area contributed by atoms with Gasteiger partial charge in [0.1, 0.15) is 5.84 Å². The molecule has 0 amide bonds. The number of aryl methyl sites for hydroxylation is 2. The fourth-order valence-electron chi connectivity index (χ4n) is 2.63. The van der Waals surface area contributed by atoms with E-state index in [-0.39, 0.29) is 12.4 Å². The molecule has 0 saturated carbocycles. The van der Waals surface area contributed by atoms with E-state index in [0.29, 0.717) is 5.92 Å². The highest BCUT2D eigenvalue weighted by atomic mass is 35.5. The summed E-state index contributed by atoms with van der Waals surface area (Å²) in [6.45, 7) is 3.23. The molecule has 0 saturated heterocycles. The highest BCUT2D eigenvalue weighted by molar-refractivity contribution is 5.96. The molecule has 0 bridgehead atoms. The lowest BCUT2D eigenvalue weighted by Gasteiger charge is -2.08. The summed E-state index contributed by atoms with van der Waals surface area (Å²) >= 11 is 0. The smallest absolute Gasteiger partial charge is 0.101 e. The second-order valence-corrected chi connectivity index (χ2v) is 5.06. The second kappa shape index (κ2) is 5.09. The lowest BCUT2D eigenvalue weighted by Crippen LogP contribution is -2.10. The van der Waals surface area contributed by atoms with E-state index in [1.54, 1.807) is 0 Å². The lowest BCUT2D eigenvalue weighted by molar-refractivity contribution is 0.664. The first-order chi connectivity index (χ1) is 7.81. The molecule has 1 heterocycles. The first kappa shape index (κ1) is 12.4. The molecule has 0 spiro atoms. The van der Waals surface area contributed by atoms with E-state index in [0.717, 1.165) is 18.8 Å². The zero-order valence-corrected chi connectivity index (χ0v) is 11.0. The summed E-state index contributed by atoms with van der Waals surface area (Å²) in [7, 11) is 0. The molecule has 1 atom stereocenters. The molecule has 92 valence electrons. The van der Waals surface area contributed by atoms with Crippen molar-refractivity contribution >= 4 is 23.9 Å². The van der Waals surface area contributed by atoms with Crippen LogP contribution in [0.1, 0.15) is 30.9 Å². The van der Waals surface area contributed by atoms with Crippen molar-refractivity contribution in [2.75, 3.05) is 11.9 Å². The molecule has 3 heteroatoms. The van der Waals surface area contributed by atoms with Gasteiger partial charge < -0.3 is 5.32 Å². The first-order valence-electron chi connectivity index (χ1n) is 6.23. The van der Waals surface area contributed by atoms with Gasteiger partial charge in [-0.2, -0.15) is 0 Å². The van der Waals surface area contributed by atoms with Crippen molar-refractivity contribution in [1.82, 2.24) is 0 Å². The summed E-state index contributed by atoms with van der Waals surface area (Å²) in [5.74, 6) is 1.86. The van der Waals surface area contributed by atoms with Crippen LogP contribution in [0.4, 0.5) is 5.69 Å². The molecule has 1 N–H and O–H groups in total. The van der Waals surface area contributed by atoms with Crippen LogP contribution in [0, 0.1) is 5.92 Å². The van der Waals surface area contributed by atoms with E-state index in [9.17, 15) is 0 Å². The Hall–Kier alpha value is -1.02. The zero-order chi connectivity index (χ0) is 11.0. The molecule has 17 heavy (non-hydrogen) atoms. The number of fused-ring (bicyclic) bond motifs is 1. The molecule has 1 aromatic carbocycles. The van der Waals surface area contributed by atoms with Gasteiger partial charge in [-0.15, -0.1) is 12.4 Å². The number of benzene rings is 1. The van der Waals surface area contributed by atoms with Crippen LogP contribution in [0.5, 0.6) is 0 Å². The highest BCUT2D eigenvalue weighted by Crippen LogP contribution is 2.25. The number of nitrogens with zero attached hydrogens (tertiary/aromatic N) is 1. The van der Waals surface area contributed by atoms with E-state index in [1.807, 2.05) is 0 Å². The van der Waals surface area contributed by atoms with Gasteiger partial charge in [-0.25, -0.2) is 0 Å². The van der Waals surface area contributed by atoms with E-state index >= 15 is 0 Å². The Bertz CT molecular complexity index is 440. The lowest BCUT2D eigenvalue weighted by atomic mass is 10.1. The predicted octanol–water partition coefficient (Wildman–Crippen LogP) is 3.45. The van der Waals surface area contributed by atoms with Gasteiger partial charge in [0.2, 0.25) is 0 Å². The Balaban J connectivity index is 0.00000108. The van der Waals surface area contributed by atoms with Crippen molar-refractivity contribution in [3.63, 3.8) is 0 Å². The summed E-state index contributed by atoms with van der Waals surface area (Å²) in [5, 5.41) is 3.45. The van der Waals surface area contributed by atoms with E-state index in [1.165, 1.54) is 36.1 Å². The maximum atomic E-state index is 4.51. The fraction of sp³-hybridized carbons (Fsp3) is 0.500. The highest BCUT2D eigenvalue weighted by Gasteiger charge is 2.15. The van der Waals surface area contributed by atoms with Crippen molar-refractivity contribution in [1.29, 1.82) is 0 Å². The molecule has 0 aromatic heterocycles. The summed E-state index contributed by atoms with van der Waals surface area (Å²) in [6, 6.07) is 6.76. The maximum Gasteiger partial charge on any atom is 0.101 e. The SMILES string of the molecule is CC1CN=C(Nc2ccc3c(c2)CCC3)C1.Cl. The quantitative estimate of drug-likeness (QED) is 0.811. The van der Waals surface area contributed by atoms with Crippen molar-refractivity contribution in [3.8, 4) is 0 Å². The van der Waals surface area contributed by atoms with Crippen LogP contribution in [0.15, 0.2) is 23.2 Å². The van der Waals surface area contributed by atoms with Crippen molar-refractivity contribution < 1.29 is 0 Å². The third-order valence-corrected chi connectivity index (χ3v) is 3.52. The van der Waals surface area contributed by atoms with Crippen molar-refractivity contribution in [2.24, 2.45) is 10.9 Å². The van der Waals surface area contributed by atoms with Crippen LogP contribution in [-0.4, -0.2) is 12.4 Å². The summed E-state index contributed by atoms with van der Waals surface area (Å²) in [4.78, 5) is 4.51. The topological polar surface area (TPSA) is 24.4 Å². The minimum absolute atomic E-state index is 0. The van der Waals surface area contributed by atoms with Gasteiger partial charge in [-0.1, -0.05) is 13.0 Å². The Morgan fingerprint density at radius 3 is 2.82 bits per heavy atom. The van der Waals surface area contributed by atoms with Gasteiger partial charge in [0.15, 0.2) is 0 Å². The number of nitrogens with one attached hydrogen (secondary N) is 1. The Morgan fingerprint density at radius 1 is 1.24 bits per heavy atom. The standard InChI is InChI=1S/C14H18N2.ClH/c1-10-7-14(15-9-10)16-13-6-5-11-3-2-4-12(11)8-13;/h5-6,8,10H,2-4,7,9H2,1H3,(H,15,16);1H. The minimum atomic E-state index is 0. The zero-order valence-electron chi connectivity index (χ0n) is 10.2. The normalized spacial score (nSPS) is 21.7. The van der Waals surface area contributed by atoms with E-state index in [4.69, 9.17) is 0 Å². The average Bonchev–Trinajstić information content (AvgIpc) is 2.87. The number of amidine groups is 1. The fourth-order valence-corrected chi connectivity index (χ4v) is 2.63. The van der Waals surface area contributed by atoms with Crippen LogP contribution in [0.25, 0.3) is 0 Å². The molecule has 2 nitrogen and oxygen atoms in total. The summed E-state index contributed by atoms with van der Waals surface area (Å²) < 4.78 is 0. The molecule has 3 rings (SSSR count). The van der Waals surface area contributed by atoms with Gasteiger partial charge in [-0.05, 0) is 48.4 Å². The molecule has 1 aliphatic carbocycles. The molecule has 0 radical (unpaired) electrons. The third-order valence-electron chi connectivity index (χ3n) is 3.52. The Morgan fingerprint density at radius 2 is 2.06 bits per heavy atom. The van der Waals surface area contributed by atoms with Gasteiger partial charge in [0, 0.05) is 18.7 Å². The van der Waals surface area contributed by atoms with Gasteiger partial charge in [0.05, 0.1) is 0 Å². The predicted molar refractivity (Wildman–Crippen MR) is 75.4 cm³/mol. The average molecular weight is 251 g/mol. The molecule has 1 unspecified atom stereocenters. The Labute approximate surface area is 109 Å². The van der Waals surface area contributed by atoms with Gasteiger partial charge in [0.25, 0.3) is 0 Å². The number of hydrogen-bond donors (Lipinski definition) is 1. The molecule has 2 aliphatic rings. The summed E-state index contributed by atoms with van der Waals surface area (Å²) in [6.07, 6.45) is 4.91. The molecular weight excluding hydrogens is 232 g/mol. The minimum Gasteiger partial charge on any atom is -0.344 e. The van der Waals surface area contributed by atoms with Crippen molar-refractivity contribution in [2.45, 2.75) is 32.6 Å². The van der Waals surface area contributed by atoms with Crippen LogP contribution < -0.4 is 5.32 Å². The first-order valence-corrected chi connectivity index (χ1v) is 6.23. The third kappa shape index (κ3) is 2.63. The number of aliphatic imine (C=N–C) groups is 1. The van der Waals surface area contributed by atoms with Crippen LogP contribution in [0.3, 0.4) is 0 Å². The molecule has 1 aliphatic heterocycles. The number of anilines is 1. The molecule has 0 fully saturated rings. The van der Waals surface area contributed by atoms with Crippen LogP contribution >= 0.6 is 12.4 Å². The van der Waals surface area contributed by atoms with Crippen LogP contribution in [0.2, 0.25) is 0 Å². The maximum absolute atomic E-state index is 4.51. The summed E-state index contributed by atoms with van der Waals surface area (Å²) in [5.41, 5.74) is 4.28. The number of hydrogen-bond acceptors (Lipinski definition) is 2. The monoisotopic (exact) mass is 250 g/mol. The number of rotatable bonds is 1. The molecular formula is C14H19ClN2. The largest absolute Gasteiger partial charge is 0.344 e. The second-order valence-electron chi connectivity index (χ2n) is 5.06. The van der Waals surface area contributed by atoms with Crippen molar-refractivity contribution in [3.05, 3.63) is 29.3 Å². The number of halogens is 1. The Kier molecular flexibility index (Phi) is 3.72. The van der Waals surface area contributed by atoms with Crippen LogP contribution in [-0.2, 0) is 12.8 Å². The van der Waals surface area contributed by atoms with Gasteiger partial charge >= 0.3 is 0 Å². The van der Waals surface area contributed by atoms with Gasteiger partial charge in [-0.3, -0.25) is 4.99 Å².